The Labute approximate surface area is 217 Å². The average Bonchev–Trinajstić information content (AvgIpc) is 3.45. The van der Waals surface area contributed by atoms with Crippen LogP contribution in [0.1, 0.15) is 96.8 Å². The van der Waals surface area contributed by atoms with Crippen molar-refractivity contribution in [2.45, 2.75) is 83.8 Å². The Morgan fingerprint density at radius 2 is 1.84 bits per heavy atom. The van der Waals surface area contributed by atoms with Crippen LogP contribution in [0.3, 0.4) is 0 Å². The number of rotatable bonds is 3. The fourth-order valence-corrected chi connectivity index (χ4v) is 6.05. The van der Waals surface area contributed by atoms with Gasteiger partial charge in [0.2, 0.25) is 0 Å². The van der Waals surface area contributed by atoms with Gasteiger partial charge in [0, 0.05) is 48.4 Å². The summed E-state index contributed by atoms with van der Waals surface area (Å²) in [4.78, 5) is 45.6. The number of nitrogens with zero attached hydrogens (tertiary/aromatic N) is 4. The lowest BCUT2D eigenvalue weighted by molar-refractivity contribution is -0.115. The van der Waals surface area contributed by atoms with Gasteiger partial charge in [-0.25, -0.2) is 0 Å². The van der Waals surface area contributed by atoms with E-state index in [2.05, 4.69) is 36.2 Å². The molecule has 1 N–H and O–H groups in total. The molecule has 1 saturated carbocycles. The summed E-state index contributed by atoms with van der Waals surface area (Å²) < 4.78 is 1.91. The molecule has 2 aliphatic heterocycles. The number of nitrogens with one attached hydrogen (secondary N) is 1. The van der Waals surface area contributed by atoms with Crippen molar-refractivity contribution in [1.29, 1.82) is 0 Å². The molecule has 1 aromatic heterocycles. The van der Waals surface area contributed by atoms with Crippen LogP contribution in [0.25, 0.3) is 0 Å². The molecule has 0 radical (unpaired) electrons. The first-order valence-corrected chi connectivity index (χ1v) is 13.5. The van der Waals surface area contributed by atoms with Crippen LogP contribution in [-0.4, -0.2) is 57.1 Å². The van der Waals surface area contributed by atoms with Gasteiger partial charge in [-0.2, -0.15) is 5.10 Å². The number of aromatic nitrogens is 2. The zero-order chi connectivity index (χ0) is 25.9. The molecular weight excluding hydrogens is 466 g/mol. The van der Waals surface area contributed by atoms with Gasteiger partial charge < -0.3 is 10.2 Å². The maximum Gasteiger partial charge on any atom is 0.270 e. The van der Waals surface area contributed by atoms with Crippen LogP contribution in [0.4, 0.5) is 0 Å². The molecular formula is C29H35N5O3. The summed E-state index contributed by atoms with van der Waals surface area (Å²) in [6, 6.07) is 5.86. The van der Waals surface area contributed by atoms with E-state index in [1.807, 2.05) is 34.0 Å². The number of aliphatic imine (C=N–C) groups is 1. The van der Waals surface area contributed by atoms with Crippen molar-refractivity contribution in [2.75, 3.05) is 13.1 Å². The monoisotopic (exact) mass is 501 g/mol. The van der Waals surface area contributed by atoms with Gasteiger partial charge in [-0.3, -0.25) is 24.1 Å². The number of hydrogen-bond donors (Lipinski definition) is 1. The first-order valence-electron chi connectivity index (χ1n) is 13.5. The van der Waals surface area contributed by atoms with Crippen LogP contribution in [0.15, 0.2) is 29.4 Å². The van der Waals surface area contributed by atoms with Crippen LogP contribution >= 0.6 is 0 Å². The molecule has 3 heterocycles. The van der Waals surface area contributed by atoms with Gasteiger partial charge in [-0.15, -0.1) is 0 Å². The molecule has 2 amide bonds. The van der Waals surface area contributed by atoms with Gasteiger partial charge in [0.1, 0.15) is 11.4 Å². The minimum Gasteiger partial charge on any atom is -0.348 e. The van der Waals surface area contributed by atoms with Crippen molar-refractivity contribution in [3.63, 3.8) is 0 Å². The second-order valence-electron chi connectivity index (χ2n) is 12.3. The third-order valence-corrected chi connectivity index (χ3v) is 8.63. The van der Waals surface area contributed by atoms with E-state index in [0.29, 0.717) is 43.0 Å². The average molecular weight is 502 g/mol. The van der Waals surface area contributed by atoms with Gasteiger partial charge in [-0.05, 0) is 82.4 Å². The number of fused-ring (bicyclic) bond motifs is 2. The van der Waals surface area contributed by atoms with Gasteiger partial charge >= 0.3 is 0 Å². The summed E-state index contributed by atoms with van der Waals surface area (Å²) in [7, 11) is 0. The number of likely N-dealkylation sites (tertiary alicyclic amines) is 1. The molecule has 0 unspecified atom stereocenters. The van der Waals surface area contributed by atoms with E-state index in [4.69, 9.17) is 0 Å². The molecule has 6 rings (SSSR count). The molecule has 2 aliphatic carbocycles. The predicted octanol–water partition coefficient (Wildman–Crippen LogP) is 3.66. The van der Waals surface area contributed by atoms with E-state index in [9.17, 15) is 14.4 Å². The van der Waals surface area contributed by atoms with Gasteiger partial charge in [0.25, 0.3) is 11.8 Å². The zero-order valence-corrected chi connectivity index (χ0v) is 22.0. The van der Waals surface area contributed by atoms with Crippen molar-refractivity contribution in [2.24, 2.45) is 10.4 Å². The predicted molar refractivity (Wildman–Crippen MR) is 140 cm³/mol. The second kappa shape index (κ2) is 8.64. The number of ketones is 1. The van der Waals surface area contributed by atoms with Crippen molar-refractivity contribution in [1.82, 2.24) is 20.0 Å². The summed E-state index contributed by atoms with van der Waals surface area (Å²) in [5.74, 6) is -0.0367. The van der Waals surface area contributed by atoms with Crippen LogP contribution in [0.5, 0.6) is 0 Å². The molecule has 4 aliphatic rings. The first kappa shape index (κ1) is 24.1. The summed E-state index contributed by atoms with van der Waals surface area (Å²) in [5, 5.41) is 7.67. The van der Waals surface area contributed by atoms with Crippen LogP contribution < -0.4 is 5.32 Å². The van der Waals surface area contributed by atoms with Crippen LogP contribution in [-0.2, 0) is 23.3 Å². The largest absolute Gasteiger partial charge is 0.348 e. The van der Waals surface area contributed by atoms with Gasteiger partial charge in [0.05, 0.1) is 12.1 Å². The van der Waals surface area contributed by atoms with E-state index < -0.39 is 0 Å². The number of Topliss-reactive ketones (excluding diaryl/α,β-unsaturated/α-hetero) is 1. The van der Waals surface area contributed by atoms with Crippen molar-refractivity contribution in [3.8, 4) is 0 Å². The fraction of sp³-hybridized carbons (Fsp3) is 0.552. The molecule has 194 valence electrons. The van der Waals surface area contributed by atoms with Crippen LogP contribution in [0, 0.1) is 5.41 Å². The quantitative estimate of drug-likeness (QED) is 0.694. The Balaban J connectivity index is 1.14. The SMILES string of the molecule is CC(C)(C)n1cc2c(n1)C(=O)CC1(CCN(C(=O)c3ccc4c(c3)C(C(=O)NC3CCC3)=NC4)CC1)C2. The van der Waals surface area contributed by atoms with E-state index in [0.717, 1.165) is 55.2 Å². The lowest BCUT2D eigenvalue weighted by Crippen LogP contribution is -2.46. The molecule has 1 spiro atoms. The Morgan fingerprint density at radius 3 is 2.51 bits per heavy atom. The number of carbonyl (C=O) groups is 3. The van der Waals surface area contributed by atoms with E-state index in [1.165, 1.54) is 0 Å². The molecule has 1 aromatic carbocycles. The Bertz CT molecular complexity index is 1320. The van der Waals surface area contributed by atoms with Crippen molar-refractivity contribution < 1.29 is 14.4 Å². The lowest BCUT2D eigenvalue weighted by atomic mass is 9.67. The highest BCUT2D eigenvalue weighted by Crippen LogP contribution is 2.43. The Hall–Kier alpha value is -3.29. The van der Waals surface area contributed by atoms with E-state index >= 15 is 0 Å². The standard InChI is InChI=1S/C29H35N5O3/c1-28(2,3)34-17-20-14-29(15-23(35)24(20)32-34)9-11-33(12-10-29)27(37)18-7-8-19-16-30-25(22(19)13-18)26(36)31-21-5-4-6-21/h7-8,13,17,21H,4-6,9-12,14-16H2,1-3H3,(H,31,36). The molecule has 8 heteroatoms. The zero-order valence-electron chi connectivity index (χ0n) is 22.0. The van der Waals surface area contributed by atoms with E-state index in [-0.39, 0.29) is 34.6 Å². The highest BCUT2D eigenvalue weighted by atomic mass is 16.2. The van der Waals surface area contributed by atoms with Crippen LogP contribution in [0.2, 0.25) is 0 Å². The molecule has 0 atom stereocenters. The first-order chi connectivity index (χ1) is 17.6. The Kier molecular flexibility index (Phi) is 5.62. The lowest BCUT2D eigenvalue weighted by Gasteiger charge is -2.43. The Morgan fingerprint density at radius 1 is 1.08 bits per heavy atom. The van der Waals surface area contributed by atoms with Gasteiger partial charge in [0.15, 0.2) is 5.78 Å². The molecule has 8 nitrogen and oxygen atoms in total. The number of hydrogen-bond acceptors (Lipinski definition) is 5. The molecule has 2 aromatic rings. The summed E-state index contributed by atoms with van der Waals surface area (Å²) in [6.45, 7) is 7.98. The molecule has 1 saturated heterocycles. The third-order valence-electron chi connectivity index (χ3n) is 8.63. The number of carbonyl (C=O) groups excluding carboxylic acids is 3. The maximum atomic E-state index is 13.5. The maximum absolute atomic E-state index is 13.5. The fourth-order valence-electron chi connectivity index (χ4n) is 6.05. The summed E-state index contributed by atoms with van der Waals surface area (Å²) >= 11 is 0. The van der Waals surface area contributed by atoms with Crippen molar-refractivity contribution >= 4 is 23.3 Å². The molecule has 37 heavy (non-hydrogen) atoms. The second-order valence-corrected chi connectivity index (χ2v) is 12.3. The number of piperidine rings is 1. The summed E-state index contributed by atoms with van der Waals surface area (Å²) in [6.07, 6.45) is 8.16. The highest BCUT2D eigenvalue weighted by molar-refractivity contribution is 6.46. The molecule has 0 bridgehead atoms. The smallest absolute Gasteiger partial charge is 0.270 e. The number of amides is 2. The number of benzene rings is 1. The van der Waals surface area contributed by atoms with E-state index in [1.54, 1.807) is 0 Å². The molecule has 2 fully saturated rings. The minimum atomic E-state index is -0.168. The summed E-state index contributed by atoms with van der Waals surface area (Å²) in [5.41, 5.74) is 4.18. The van der Waals surface area contributed by atoms with Gasteiger partial charge in [-0.1, -0.05) is 6.07 Å². The minimum absolute atomic E-state index is 0.0216. The normalized spacial score (nSPS) is 20.8. The highest BCUT2D eigenvalue weighted by Gasteiger charge is 2.43. The topological polar surface area (TPSA) is 96.7 Å². The van der Waals surface area contributed by atoms with Crippen molar-refractivity contribution in [3.05, 3.63) is 52.3 Å². The third kappa shape index (κ3) is 4.30.